The van der Waals surface area contributed by atoms with Crippen LogP contribution >= 0.6 is 0 Å². The fourth-order valence-corrected chi connectivity index (χ4v) is 2.39. The van der Waals surface area contributed by atoms with Gasteiger partial charge in [0.25, 0.3) is 0 Å². The molecule has 0 spiro atoms. The number of aldehydes is 1. The second-order valence-electron chi connectivity index (χ2n) is 5.48. The lowest BCUT2D eigenvalue weighted by Gasteiger charge is -2.13. The van der Waals surface area contributed by atoms with Crippen LogP contribution in [0.4, 0.5) is 5.69 Å². The molecule has 0 fully saturated rings. The third kappa shape index (κ3) is 2.77. The first-order valence-corrected chi connectivity index (χ1v) is 7.22. The minimum absolute atomic E-state index is 0.198. The molecule has 0 bridgehead atoms. The Morgan fingerprint density at radius 2 is 2.13 bits per heavy atom. The highest BCUT2D eigenvalue weighted by Crippen LogP contribution is 2.25. The second kappa shape index (κ2) is 5.89. The Morgan fingerprint density at radius 1 is 1.30 bits per heavy atom. The van der Waals surface area contributed by atoms with Crippen molar-refractivity contribution in [2.24, 2.45) is 0 Å². The maximum Gasteiger partial charge on any atom is 0.153 e. The van der Waals surface area contributed by atoms with Gasteiger partial charge in [-0.05, 0) is 38.1 Å². The van der Waals surface area contributed by atoms with Crippen LogP contribution in [0.2, 0.25) is 0 Å². The summed E-state index contributed by atoms with van der Waals surface area (Å²) in [7, 11) is 0. The first-order chi connectivity index (χ1) is 11.1. The Morgan fingerprint density at radius 3 is 2.83 bits per heavy atom. The molecule has 1 N–H and O–H groups in total. The molecule has 6 heteroatoms. The number of hydrogen-bond acceptors (Lipinski definition) is 5. The molecule has 0 aliphatic rings. The fraction of sp³-hybridized carbons (Fsp3) is 0.176. The van der Waals surface area contributed by atoms with Gasteiger partial charge < -0.3 is 5.32 Å². The Bertz CT molecular complexity index is 920. The first kappa shape index (κ1) is 14.7. The molecule has 0 unspecified atom stereocenters. The molecule has 0 atom stereocenters. The Kier molecular flexibility index (Phi) is 3.77. The maximum atomic E-state index is 11.2. The summed E-state index contributed by atoms with van der Waals surface area (Å²) in [5.41, 5.74) is 4.09. The van der Waals surface area contributed by atoms with Crippen molar-refractivity contribution in [3.63, 3.8) is 0 Å². The molecule has 0 amide bonds. The monoisotopic (exact) mass is 305 g/mol. The van der Waals surface area contributed by atoms with Crippen molar-refractivity contribution in [3.05, 3.63) is 47.8 Å². The summed E-state index contributed by atoms with van der Waals surface area (Å²) in [5, 5.41) is 16.5. The van der Waals surface area contributed by atoms with Gasteiger partial charge in [-0.2, -0.15) is 10.4 Å². The Labute approximate surface area is 133 Å². The van der Waals surface area contributed by atoms with Crippen LogP contribution in [0, 0.1) is 11.3 Å². The van der Waals surface area contributed by atoms with E-state index in [1.54, 1.807) is 16.8 Å². The highest BCUT2D eigenvalue weighted by atomic mass is 16.1. The van der Waals surface area contributed by atoms with Crippen molar-refractivity contribution in [1.29, 1.82) is 5.26 Å². The zero-order valence-electron chi connectivity index (χ0n) is 12.8. The number of nitrogens with zero attached hydrogens (tertiary/aromatic N) is 4. The van der Waals surface area contributed by atoms with Crippen molar-refractivity contribution in [2.45, 2.75) is 19.9 Å². The topological polar surface area (TPSA) is 83.1 Å². The number of fused-ring (bicyclic) bond motifs is 1. The van der Waals surface area contributed by atoms with Crippen LogP contribution in [0.1, 0.15) is 29.8 Å². The van der Waals surface area contributed by atoms with E-state index < -0.39 is 0 Å². The van der Waals surface area contributed by atoms with E-state index in [0.717, 1.165) is 23.2 Å². The lowest BCUT2D eigenvalue weighted by atomic mass is 10.2. The average Bonchev–Trinajstić information content (AvgIpc) is 2.97. The van der Waals surface area contributed by atoms with Crippen LogP contribution < -0.4 is 5.32 Å². The van der Waals surface area contributed by atoms with Gasteiger partial charge in [0.05, 0.1) is 34.2 Å². The van der Waals surface area contributed by atoms with E-state index in [9.17, 15) is 4.79 Å². The third-order valence-corrected chi connectivity index (χ3v) is 3.40. The number of hydrogen-bond donors (Lipinski definition) is 1. The van der Waals surface area contributed by atoms with Gasteiger partial charge in [0.1, 0.15) is 6.07 Å². The first-order valence-electron chi connectivity index (χ1n) is 7.22. The van der Waals surface area contributed by atoms with Crippen molar-refractivity contribution < 1.29 is 4.79 Å². The molecule has 6 nitrogen and oxygen atoms in total. The van der Waals surface area contributed by atoms with Crippen LogP contribution in [0.5, 0.6) is 0 Å². The molecule has 114 valence electrons. The number of nitrogens with one attached hydrogen (secondary N) is 1. The van der Waals surface area contributed by atoms with Crippen molar-refractivity contribution in [1.82, 2.24) is 14.6 Å². The summed E-state index contributed by atoms with van der Waals surface area (Å²) < 4.78 is 1.73. The van der Waals surface area contributed by atoms with Crippen LogP contribution in [0.3, 0.4) is 0 Å². The fourth-order valence-electron chi connectivity index (χ4n) is 2.39. The highest BCUT2D eigenvalue weighted by molar-refractivity contribution is 5.85. The van der Waals surface area contributed by atoms with Gasteiger partial charge in [0, 0.05) is 17.9 Å². The zero-order valence-corrected chi connectivity index (χ0v) is 12.8. The molecule has 3 heterocycles. The summed E-state index contributed by atoms with van der Waals surface area (Å²) >= 11 is 0. The van der Waals surface area contributed by atoms with Gasteiger partial charge in [-0.3, -0.25) is 9.78 Å². The highest BCUT2D eigenvalue weighted by Gasteiger charge is 2.11. The van der Waals surface area contributed by atoms with Crippen molar-refractivity contribution >= 4 is 17.5 Å². The average molecular weight is 305 g/mol. The minimum Gasteiger partial charge on any atom is -0.382 e. The molecule has 0 aliphatic carbocycles. The normalized spacial score (nSPS) is 10.7. The van der Waals surface area contributed by atoms with Gasteiger partial charge in [0.2, 0.25) is 0 Å². The van der Waals surface area contributed by atoms with Crippen LogP contribution in [-0.4, -0.2) is 26.9 Å². The molecule has 0 radical (unpaired) electrons. The molecule has 0 aromatic carbocycles. The van der Waals surface area contributed by atoms with E-state index in [1.165, 1.54) is 6.20 Å². The standard InChI is InChI=1S/C17H15N5O/c1-11(2)21-15-6-16(19-9-13(15)10-23)17-4-3-14-5-12(7-18)8-20-22(14)17/h3-6,8-11H,1-2H3,(H,19,21). The van der Waals surface area contributed by atoms with E-state index in [4.69, 9.17) is 5.26 Å². The van der Waals surface area contributed by atoms with Crippen LogP contribution in [0.15, 0.2) is 36.7 Å². The summed E-state index contributed by atoms with van der Waals surface area (Å²) in [5.74, 6) is 0. The molecule has 3 aromatic heterocycles. The number of pyridine rings is 1. The lowest BCUT2D eigenvalue weighted by Crippen LogP contribution is -2.12. The van der Waals surface area contributed by atoms with Crippen molar-refractivity contribution in [3.8, 4) is 17.5 Å². The molecule has 0 saturated carbocycles. The van der Waals surface area contributed by atoms with Gasteiger partial charge in [-0.15, -0.1) is 0 Å². The van der Waals surface area contributed by atoms with Crippen LogP contribution in [0.25, 0.3) is 16.9 Å². The second-order valence-corrected chi connectivity index (χ2v) is 5.48. The number of carbonyl (C=O) groups is 1. The number of anilines is 1. The summed E-state index contributed by atoms with van der Waals surface area (Å²) in [6.45, 7) is 4.01. The van der Waals surface area contributed by atoms with E-state index in [-0.39, 0.29) is 6.04 Å². The predicted molar refractivity (Wildman–Crippen MR) is 87.3 cm³/mol. The molecular weight excluding hydrogens is 290 g/mol. The van der Waals surface area contributed by atoms with Crippen molar-refractivity contribution in [2.75, 3.05) is 5.32 Å². The largest absolute Gasteiger partial charge is 0.382 e. The van der Waals surface area contributed by atoms with E-state index in [2.05, 4.69) is 21.5 Å². The number of nitriles is 1. The number of carbonyl (C=O) groups excluding carboxylic acids is 1. The van der Waals surface area contributed by atoms with Gasteiger partial charge in [-0.1, -0.05) is 0 Å². The zero-order chi connectivity index (χ0) is 16.4. The van der Waals surface area contributed by atoms with E-state index in [1.807, 2.05) is 32.0 Å². The predicted octanol–water partition coefficient (Wildman–Crippen LogP) is 2.90. The van der Waals surface area contributed by atoms with Crippen LogP contribution in [-0.2, 0) is 0 Å². The molecule has 0 aliphatic heterocycles. The van der Waals surface area contributed by atoms with Gasteiger partial charge in [-0.25, -0.2) is 4.52 Å². The third-order valence-electron chi connectivity index (χ3n) is 3.40. The molecule has 3 rings (SSSR count). The smallest absolute Gasteiger partial charge is 0.153 e. The molecule has 0 saturated heterocycles. The Hall–Kier alpha value is -3.20. The number of rotatable bonds is 4. The molecular formula is C17H15N5O. The SMILES string of the molecule is CC(C)Nc1cc(-c2ccc3cc(C#N)cnn23)ncc1C=O. The van der Waals surface area contributed by atoms with Gasteiger partial charge >= 0.3 is 0 Å². The minimum atomic E-state index is 0.198. The maximum absolute atomic E-state index is 11.2. The number of aromatic nitrogens is 3. The lowest BCUT2D eigenvalue weighted by molar-refractivity contribution is 0.112. The summed E-state index contributed by atoms with van der Waals surface area (Å²) in [4.78, 5) is 15.5. The van der Waals surface area contributed by atoms with Gasteiger partial charge in [0.15, 0.2) is 6.29 Å². The van der Waals surface area contributed by atoms with E-state index in [0.29, 0.717) is 16.8 Å². The van der Waals surface area contributed by atoms with E-state index >= 15 is 0 Å². The summed E-state index contributed by atoms with van der Waals surface area (Å²) in [6.07, 6.45) is 3.86. The molecule has 3 aromatic rings. The Balaban J connectivity index is 2.11. The summed E-state index contributed by atoms with van der Waals surface area (Å²) in [6, 6.07) is 9.66. The quantitative estimate of drug-likeness (QED) is 0.749. The molecule has 23 heavy (non-hydrogen) atoms.